The van der Waals surface area contributed by atoms with Gasteiger partial charge in [0.1, 0.15) is 0 Å². The lowest BCUT2D eigenvalue weighted by molar-refractivity contribution is -0.146. The molecule has 0 bridgehead atoms. The van der Waals surface area contributed by atoms with Crippen LogP contribution in [0.5, 0.6) is 0 Å². The Kier molecular flexibility index (Phi) is 6.66. The normalized spacial score (nSPS) is 24.9. The third-order valence-electron chi connectivity index (χ3n) is 5.42. The molecule has 0 aromatic carbocycles. The SMILES string of the molecule is CCN(CC)CC1CCN(C(=O)C2(COC)CCNCC2)C1. The molecular weight excluding hydrogens is 278 g/mol. The van der Waals surface area contributed by atoms with Crippen LogP contribution < -0.4 is 5.32 Å². The number of amides is 1. The Hall–Kier alpha value is -0.650. The molecule has 0 aromatic heterocycles. The van der Waals surface area contributed by atoms with Crippen LogP contribution in [0.2, 0.25) is 0 Å². The third-order valence-corrected chi connectivity index (χ3v) is 5.42. The minimum Gasteiger partial charge on any atom is -0.384 e. The predicted octanol–water partition coefficient (Wildman–Crippen LogP) is 1.19. The van der Waals surface area contributed by atoms with Crippen molar-refractivity contribution in [1.82, 2.24) is 15.1 Å². The molecule has 22 heavy (non-hydrogen) atoms. The van der Waals surface area contributed by atoms with Gasteiger partial charge in [-0.1, -0.05) is 13.8 Å². The first-order chi connectivity index (χ1) is 10.6. The second-order valence-corrected chi connectivity index (χ2v) is 6.86. The van der Waals surface area contributed by atoms with E-state index in [1.165, 1.54) is 0 Å². The first kappa shape index (κ1) is 17.7. The van der Waals surface area contributed by atoms with Gasteiger partial charge in [-0.2, -0.15) is 0 Å². The van der Waals surface area contributed by atoms with Crippen molar-refractivity contribution in [3.63, 3.8) is 0 Å². The molecule has 0 saturated carbocycles. The summed E-state index contributed by atoms with van der Waals surface area (Å²) < 4.78 is 5.41. The van der Waals surface area contributed by atoms with E-state index in [4.69, 9.17) is 4.74 Å². The van der Waals surface area contributed by atoms with Gasteiger partial charge in [0.15, 0.2) is 0 Å². The van der Waals surface area contributed by atoms with E-state index >= 15 is 0 Å². The molecule has 0 aromatic rings. The molecule has 2 fully saturated rings. The zero-order valence-corrected chi connectivity index (χ0v) is 14.6. The number of nitrogens with zero attached hydrogens (tertiary/aromatic N) is 2. The standard InChI is InChI=1S/C17H33N3O2/c1-4-19(5-2)12-15-6-11-20(13-15)16(21)17(14-22-3)7-9-18-10-8-17/h15,18H,4-14H2,1-3H3. The molecule has 2 heterocycles. The zero-order chi connectivity index (χ0) is 16.0. The largest absolute Gasteiger partial charge is 0.384 e. The quantitative estimate of drug-likeness (QED) is 0.767. The fourth-order valence-corrected chi connectivity index (χ4v) is 3.95. The minimum absolute atomic E-state index is 0.288. The number of piperidine rings is 1. The first-order valence-corrected chi connectivity index (χ1v) is 8.86. The van der Waals surface area contributed by atoms with Crippen LogP contribution in [-0.4, -0.2) is 75.2 Å². The van der Waals surface area contributed by atoms with Crippen molar-refractivity contribution in [3.8, 4) is 0 Å². The number of nitrogens with one attached hydrogen (secondary N) is 1. The number of methoxy groups -OCH3 is 1. The second kappa shape index (κ2) is 8.27. The van der Waals surface area contributed by atoms with Crippen LogP contribution in [0, 0.1) is 11.3 Å². The Morgan fingerprint density at radius 2 is 2.00 bits per heavy atom. The second-order valence-electron chi connectivity index (χ2n) is 6.86. The fourth-order valence-electron chi connectivity index (χ4n) is 3.95. The van der Waals surface area contributed by atoms with Crippen LogP contribution in [0.15, 0.2) is 0 Å². The van der Waals surface area contributed by atoms with Crippen molar-refractivity contribution in [2.75, 3.05) is 59.5 Å². The van der Waals surface area contributed by atoms with Gasteiger partial charge in [-0.15, -0.1) is 0 Å². The molecule has 1 amide bonds. The summed E-state index contributed by atoms with van der Waals surface area (Å²) in [6, 6.07) is 0. The maximum Gasteiger partial charge on any atom is 0.231 e. The van der Waals surface area contributed by atoms with Crippen molar-refractivity contribution in [2.45, 2.75) is 33.1 Å². The maximum absolute atomic E-state index is 13.1. The van der Waals surface area contributed by atoms with E-state index in [9.17, 15) is 4.79 Å². The van der Waals surface area contributed by atoms with Gasteiger partial charge in [-0.25, -0.2) is 0 Å². The average molecular weight is 311 g/mol. The van der Waals surface area contributed by atoms with E-state index < -0.39 is 0 Å². The molecule has 128 valence electrons. The summed E-state index contributed by atoms with van der Waals surface area (Å²) in [6.45, 7) is 12.0. The summed E-state index contributed by atoms with van der Waals surface area (Å²) in [5.41, 5.74) is -0.288. The van der Waals surface area contributed by atoms with E-state index in [0.717, 1.165) is 65.1 Å². The Balaban J connectivity index is 1.94. The summed E-state index contributed by atoms with van der Waals surface area (Å²) in [4.78, 5) is 17.7. The molecule has 1 N–H and O–H groups in total. The van der Waals surface area contributed by atoms with Gasteiger partial charge in [0.2, 0.25) is 5.91 Å². The lowest BCUT2D eigenvalue weighted by atomic mass is 9.78. The highest BCUT2D eigenvalue weighted by Crippen LogP contribution is 2.33. The molecule has 2 saturated heterocycles. The maximum atomic E-state index is 13.1. The lowest BCUT2D eigenvalue weighted by Gasteiger charge is -2.38. The highest BCUT2D eigenvalue weighted by atomic mass is 16.5. The highest BCUT2D eigenvalue weighted by molar-refractivity contribution is 5.83. The molecule has 5 heteroatoms. The topological polar surface area (TPSA) is 44.8 Å². The van der Waals surface area contributed by atoms with E-state index in [0.29, 0.717) is 18.4 Å². The fraction of sp³-hybridized carbons (Fsp3) is 0.941. The number of ether oxygens (including phenoxy) is 1. The third kappa shape index (κ3) is 4.00. The van der Waals surface area contributed by atoms with E-state index in [1.807, 2.05) is 0 Å². The van der Waals surface area contributed by atoms with Gasteiger partial charge in [-0.3, -0.25) is 4.79 Å². The van der Waals surface area contributed by atoms with Crippen LogP contribution in [-0.2, 0) is 9.53 Å². The smallest absolute Gasteiger partial charge is 0.231 e. The summed E-state index contributed by atoms with van der Waals surface area (Å²) in [6.07, 6.45) is 2.94. The number of rotatable bonds is 7. The van der Waals surface area contributed by atoms with E-state index in [1.54, 1.807) is 7.11 Å². The van der Waals surface area contributed by atoms with Gasteiger partial charge < -0.3 is 19.9 Å². The summed E-state index contributed by atoms with van der Waals surface area (Å²) in [5.74, 6) is 0.961. The Bertz CT molecular complexity index is 346. The van der Waals surface area contributed by atoms with Crippen LogP contribution in [0.4, 0.5) is 0 Å². The van der Waals surface area contributed by atoms with Crippen molar-refractivity contribution in [1.29, 1.82) is 0 Å². The molecule has 2 aliphatic rings. The first-order valence-electron chi connectivity index (χ1n) is 8.86. The van der Waals surface area contributed by atoms with Gasteiger partial charge in [-0.05, 0) is 51.4 Å². The lowest BCUT2D eigenvalue weighted by Crippen LogP contribution is -2.51. The number of hydrogen-bond donors (Lipinski definition) is 1. The summed E-state index contributed by atoms with van der Waals surface area (Å²) >= 11 is 0. The number of likely N-dealkylation sites (tertiary alicyclic amines) is 1. The van der Waals surface area contributed by atoms with Crippen LogP contribution in [0.3, 0.4) is 0 Å². The molecule has 2 aliphatic heterocycles. The van der Waals surface area contributed by atoms with Crippen molar-refractivity contribution in [3.05, 3.63) is 0 Å². The van der Waals surface area contributed by atoms with E-state index in [2.05, 4.69) is 29.0 Å². The summed E-state index contributed by atoms with van der Waals surface area (Å²) in [5, 5.41) is 3.36. The molecule has 1 unspecified atom stereocenters. The predicted molar refractivity (Wildman–Crippen MR) is 88.9 cm³/mol. The van der Waals surface area contributed by atoms with Gasteiger partial charge in [0.05, 0.1) is 12.0 Å². The summed E-state index contributed by atoms with van der Waals surface area (Å²) in [7, 11) is 1.71. The van der Waals surface area contributed by atoms with Crippen molar-refractivity contribution in [2.24, 2.45) is 11.3 Å². The number of carbonyl (C=O) groups excluding carboxylic acids is 1. The van der Waals surface area contributed by atoms with Crippen LogP contribution in [0.1, 0.15) is 33.1 Å². The zero-order valence-electron chi connectivity index (χ0n) is 14.6. The van der Waals surface area contributed by atoms with Crippen LogP contribution in [0.25, 0.3) is 0 Å². The monoisotopic (exact) mass is 311 g/mol. The molecule has 0 radical (unpaired) electrons. The molecule has 0 aliphatic carbocycles. The van der Waals surface area contributed by atoms with Gasteiger partial charge in [0.25, 0.3) is 0 Å². The van der Waals surface area contributed by atoms with Crippen LogP contribution >= 0.6 is 0 Å². The molecule has 2 rings (SSSR count). The molecule has 5 nitrogen and oxygen atoms in total. The van der Waals surface area contributed by atoms with Crippen molar-refractivity contribution >= 4 is 5.91 Å². The Morgan fingerprint density at radius 1 is 1.32 bits per heavy atom. The minimum atomic E-state index is -0.288. The Morgan fingerprint density at radius 3 is 2.59 bits per heavy atom. The number of carbonyl (C=O) groups is 1. The van der Waals surface area contributed by atoms with Gasteiger partial charge in [0, 0.05) is 26.7 Å². The van der Waals surface area contributed by atoms with Crippen molar-refractivity contribution < 1.29 is 9.53 Å². The molecule has 1 atom stereocenters. The van der Waals surface area contributed by atoms with E-state index in [-0.39, 0.29) is 5.41 Å². The van der Waals surface area contributed by atoms with Gasteiger partial charge >= 0.3 is 0 Å². The molecular formula is C17H33N3O2. The Labute approximate surface area is 135 Å². The average Bonchev–Trinajstić information content (AvgIpc) is 3.01. The number of hydrogen-bond acceptors (Lipinski definition) is 4. The molecule has 0 spiro atoms. The highest BCUT2D eigenvalue weighted by Gasteiger charge is 2.43.